The molecule has 2 rings (SSSR count). The number of thioether (sulfide) groups is 1. The number of aromatic hydroxyl groups is 1. The first kappa shape index (κ1) is 14.6. The van der Waals surface area contributed by atoms with Crippen LogP contribution in [0.3, 0.4) is 0 Å². The summed E-state index contributed by atoms with van der Waals surface area (Å²) in [5.74, 6) is 0.277. The predicted octanol–water partition coefficient (Wildman–Crippen LogP) is 2.79. The van der Waals surface area contributed by atoms with Crippen LogP contribution < -0.4 is 4.74 Å². The van der Waals surface area contributed by atoms with E-state index in [-0.39, 0.29) is 11.7 Å². The maximum Gasteiger partial charge on any atom is 0.266 e. The zero-order chi connectivity index (χ0) is 14.7. The molecule has 1 aromatic rings. The van der Waals surface area contributed by atoms with Crippen LogP contribution in [-0.4, -0.2) is 33.9 Å². The molecule has 0 radical (unpaired) electrons. The summed E-state index contributed by atoms with van der Waals surface area (Å²) in [5.41, 5.74) is 0.711. The van der Waals surface area contributed by atoms with Gasteiger partial charge < -0.3 is 9.84 Å². The second kappa shape index (κ2) is 6.11. The highest BCUT2D eigenvalue weighted by atomic mass is 32.2. The number of hydrogen-bond acceptors (Lipinski definition) is 5. The number of amides is 1. The number of rotatable bonds is 4. The second-order valence-electron chi connectivity index (χ2n) is 4.01. The van der Waals surface area contributed by atoms with Gasteiger partial charge in [0.05, 0.1) is 12.0 Å². The predicted molar refractivity (Wildman–Crippen MR) is 84.7 cm³/mol. The average molecular weight is 307 g/mol. The maximum absolute atomic E-state index is 12.1. The van der Waals surface area contributed by atoms with Crippen molar-refractivity contribution in [1.82, 2.24) is 4.90 Å². The first-order chi connectivity index (χ1) is 9.56. The fourth-order valence-corrected chi connectivity index (χ4v) is 3.01. The summed E-state index contributed by atoms with van der Waals surface area (Å²) in [4.78, 5) is 14.1. The lowest BCUT2D eigenvalue weighted by molar-refractivity contribution is -0.121. The molecule has 20 heavy (non-hydrogen) atoms. The molecule has 1 aliphatic heterocycles. The van der Waals surface area contributed by atoms with Crippen LogP contribution in [-0.2, 0) is 4.79 Å². The summed E-state index contributed by atoms with van der Waals surface area (Å²) in [5, 5.41) is 9.72. The van der Waals surface area contributed by atoms with Crippen LogP contribution in [0.5, 0.6) is 11.5 Å². The zero-order valence-corrected chi connectivity index (χ0v) is 12.5. The first-order valence-corrected chi connectivity index (χ1v) is 7.02. The Morgan fingerprint density at radius 2 is 2.30 bits per heavy atom. The molecule has 1 N–H and O–H groups in total. The summed E-state index contributed by atoms with van der Waals surface area (Å²) in [6.07, 6.45) is 3.33. The van der Waals surface area contributed by atoms with Crippen LogP contribution in [0, 0.1) is 0 Å². The molecular weight excluding hydrogens is 294 g/mol. The monoisotopic (exact) mass is 307 g/mol. The first-order valence-electron chi connectivity index (χ1n) is 5.80. The smallest absolute Gasteiger partial charge is 0.266 e. The van der Waals surface area contributed by atoms with Crippen LogP contribution in [0.4, 0.5) is 0 Å². The van der Waals surface area contributed by atoms with Crippen LogP contribution in [0.1, 0.15) is 5.56 Å². The van der Waals surface area contributed by atoms with Crippen LogP contribution in [0.25, 0.3) is 6.08 Å². The Bertz CT molecular complexity index is 610. The van der Waals surface area contributed by atoms with Crippen LogP contribution in [0.15, 0.2) is 35.8 Å². The molecule has 104 valence electrons. The molecule has 1 amide bonds. The van der Waals surface area contributed by atoms with Gasteiger partial charge in [-0.25, -0.2) is 0 Å². The molecule has 1 aromatic carbocycles. The number of thiocarbonyl (C=S) groups is 1. The number of methoxy groups -OCH3 is 1. The molecule has 1 heterocycles. The van der Waals surface area contributed by atoms with Crippen molar-refractivity contribution in [2.75, 3.05) is 13.7 Å². The standard InChI is InChI=1S/C14H13NO3S2/c1-3-6-15-13(17)12(20-14(15)19)8-9-4-5-11(18-2)10(16)7-9/h3-5,7-8,16H,1,6H2,2H3. The number of phenols is 1. The number of phenolic OH excluding ortho intramolecular Hbond substituents is 1. The molecule has 0 unspecified atom stereocenters. The van der Waals surface area contributed by atoms with E-state index in [0.717, 1.165) is 0 Å². The quantitative estimate of drug-likeness (QED) is 0.526. The second-order valence-corrected chi connectivity index (χ2v) is 5.69. The molecule has 0 aliphatic carbocycles. The van der Waals surface area contributed by atoms with Crippen molar-refractivity contribution in [2.45, 2.75) is 0 Å². The topological polar surface area (TPSA) is 49.8 Å². The van der Waals surface area contributed by atoms with Crippen molar-refractivity contribution in [3.63, 3.8) is 0 Å². The third-order valence-electron chi connectivity index (χ3n) is 2.69. The Kier molecular flexibility index (Phi) is 4.46. The van der Waals surface area contributed by atoms with Crippen molar-refractivity contribution >= 4 is 40.3 Å². The molecule has 1 saturated heterocycles. The van der Waals surface area contributed by atoms with E-state index in [1.807, 2.05) is 0 Å². The molecule has 1 aliphatic rings. The van der Waals surface area contributed by atoms with Gasteiger partial charge in [0.25, 0.3) is 5.91 Å². The van der Waals surface area contributed by atoms with Gasteiger partial charge in [-0.15, -0.1) is 6.58 Å². The molecule has 6 heteroatoms. The fraction of sp³-hybridized carbons (Fsp3) is 0.143. The molecule has 0 atom stereocenters. The van der Waals surface area contributed by atoms with Gasteiger partial charge in [0.1, 0.15) is 4.32 Å². The largest absolute Gasteiger partial charge is 0.504 e. The number of nitrogens with zero attached hydrogens (tertiary/aromatic N) is 1. The highest BCUT2D eigenvalue weighted by Crippen LogP contribution is 2.34. The van der Waals surface area contributed by atoms with Gasteiger partial charge in [-0.05, 0) is 23.8 Å². The van der Waals surface area contributed by atoms with Gasteiger partial charge in [-0.3, -0.25) is 9.69 Å². The SMILES string of the molecule is C=CCN1C(=O)C(=Cc2ccc(OC)c(O)c2)SC1=S. The number of benzene rings is 1. The van der Waals surface area contributed by atoms with Gasteiger partial charge >= 0.3 is 0 Å². The lowest BCUT2D eigenvalue weighted by Gasteiger charge is -2.10. The Hall–Kier alpha value is -1.79. The Balaban J connectivity index is 2.28. The summed E-state index contributed by atoms with van der Waals surface area (Å²) in [6, 6.07) is 4.95. The number of carbonyl (C=O) groups is 1. The summed E-state index contributed by atoms with van der Waals surface area (Å²) in [6.45, 7) is 4.00. The molecular formula is C14H13NO3S2. The van der Waals surface area contributed by atoms with Gasteiger partial charge in [0.2, 0.25) is 0 Å². The van der Waals surface area contributed by atoms with Crippen LogP contribution >= 0.6 is 24.0 Å². The lowest BCUT2D eigenvalue weighted by atomic mass is 10.2. The average Bonchev–Trinajstić information content (AvgIpc) is 2.67. The van der Waals surface area contributed by atoms with Gasteiger partial charge in [0.15, 0.2) is 11.5 Å². The number of hydrogen-bond donors (Lipinski definition) is 1. The molecule has 0 saturated carbocycles. The Morgan fingerprint density at radius 1 is 1.55 bits per heavy atom. The summed E-state index contributed by atoms with van der Waals surface area (Å²) < 4.78 is 5.49. The van der Waals surface area contributed by atoms with Crippen molar-refractivity contribution in [3.8, 4) is 11.5 Å². The Labute approximate surface area is 126 Å². The van der Waals surface area contributed by atoms with Crippen molar-refractivity contribution < 1.29 is 14.6 Å². The highest BCUT2D eigenvalue weighted by molar-refractivity contribution is 8.26. The third kappa shape index (κ3) is 2.86. The minimum Gasteiger partial charge on any atom is -0.504 e. The fourth-order valence-electron chi connectivity index (χ4n) is 1.73. The van der Waals surface area contributed by atoms with Gasteiger partial charge in [0, 0.05) is 6.54 Å². The van der Waals surface area contributed by atoms with Crippen LogP contribution in [0.2, 0.25) is 0 Å². The van der Waals surface area contributed by atoms with E-state index in [2.05, 4.69) is 6.58 Å². The molecule has 0 aromatic heterocycles. The minimum atomic E-state index is -0.143. The van der Waals surface area contributed by atoms with Crippen molar-refractivity contribution in [1.29, 1.82) is 0 Å². The summed E-state index contributed by atoms with van der Waals surface area (Å²) in [7, 11) is 1.48. The number of ether oxygens (including phenoxy) is 1. The molecule has 0 spiro atoms. The molecule has 0 bridgehead atoms. The third-order valence-corrected chi connectivity index (χ3v) is 4.06. The van der Waals surface area contributed by atoms with E-state index in [4.69, 9.17) is 17.0 Å². The van der Waals surface area contributed by atoms with E-state index in [0.29, 0.717) is 27.1 Å². The van der Waals surface area contributed by atoms with Crippen molar-refractivity contribution in [3.05, 3.63) is 41.3 Å². The Morgan fingerprint density at radius 3 is 2.90 bits per heavy atom. The maximum atomic E-state index is 12.1. The van der Waals surface area contributed by atoms with E-state index in [1.165, 1.54) is 23.8 Å². The highest BCUT2D eigenvalue weighted by Gasteiger charge is 2.30. The normalized spacial score (nSPS) is 16.9. The lowest BCUT2D eigenvalue weighted by Crippen LogP contribution is -2.27. The van der Waals surface area contributed by atoms with E-state index in [1.54, 1.807) is 30.4 Å². The van der Waals surface area contributed by atoms with Gasteiger partial charge in [-0.1, -0.05) is 36.1 Å². The number of carbonyl (C=O) groups excluding carboxylic acids is 1. The minimum absolute atomic E-state index is 0.0304. The van der Waals surface area contributed by atoms with Crippen molar-refractivity contribution in [2.24, 2.45) is 0 Å². The van der Waals surface area contributed by atoms with Gasteiger partial charge in [-0.2, -0.15) is 0 Å². The van der Waals surface area contributed by atoms with E-state index >= 15 is 0 Å². The zero-order valence-electron chi connectivity index (χ0n) is 10.8. The summed E-state index contributed by atoms with van der Waals surface area (Å²) >= 11 is 6.39. The van der Waals surface area contributed by atoms with E-state index < -0.39 is 0 Å². The molecule has 4 nitrogen and oxygen atoms in total. The van der Waals surface area contributed by atoms with E-state index in [9.17, 15) is 9.90 Å². The molecule has 1 fully saturated rings.